The summed E-state index contributed by atoms with van der Waals surface area (Å²) in [5.41, 5.74) is 0. The maximum atomic E-state index is 12.9. The molecular formula is C15H19FN4O2. The lowest BCUT2D eigenvalue weighted by Crippen LogP contribution is -2.46. The SMILES string of the molecule is O=C([C@H]1C[C@@H]2CN(c3ncc(F)cn3)C[C@H]1O2)N1CCCC1. The number of aromatic nitrogens is 2. The normalized spacial score (nSPS) is 30.9. The molecule has 0 aromatic carbocycles. The third kappa shape index (κ3) is 2.43. The van der Waals surface area contributed by atoms with Gasteiger partial charge in [-0.3, -0.25) is 4.79 Å². The summed E-state index contributed by atoms with van der Waals surface area (Å²) in [5, 5.41) is 0. The molecule has 0 aliphatic carbocycles. The highest BCUT2D eigenvalue weighted by atomic mass is 19.1. The van der Waals surface area contributed by atoms with Crippen LogP contribution >= 0.6 is 0 Å². The van der Waals surface area contributed by atoms with Gasteiger partial charge in [0.15, 0.2) is 5.82 Å². The van der Waals surface area contributed by atoms with Crippen LogP contribution in [-0.4, -0.2) is 59.2 Å². The van der Waals surface area contributed by atoms with Gasteiger partial charge in [0.25, 0.3) is 0 Å². The van der Waals surface area contributed by atoms with E-state index in [0.717, 1.165) is 32.4 Å². The predicted molar refractivity (Wildman–Crippen MR) is 76.8 cm³/mol. The summed E-state index contributed by atoms with van der Waals surface area (Å²) in [5.74, 6) is 0.233. The molecule has 118 valence electrons. The van der Waals surface area contributed by atoms with Gasteiger partial charge in [0.1, 0.15) is 0 Å². The van der Waals surface area contributed by atoms with Crippen molar-refractivity contribution < 1.29 is 13.9 Å². The van der Waals surface area contributed by atoms with Crippen LogP contribution in [0.5, 0.6) is 0 Å². The number of nitrogens with zero attached hydrogens (tertiary/aromatic N) is 4. The van der Waals surface area contributed by atoms with Gasteiger partial charge in [-0.25, -0.2) is 14.4 Å². The molecule has 3 aliphatic rings. The molecule has 4 heterocycles. The Hall–Kier alpha value is -1.76. The Balaban J connectivity index is 1.47. The molecule has 3 fully saturated rings. The van der Waals surface area contributed by atoms with E-state index in [1.54, 1.807) is 0 Å². The van der Waals surface area contributed by atoms with Gasteiger partial charge < -0.3 is 14.5 Å². The summed E-state index contributed by atoms with van der Waals surface area (Å²) >= 11 is 0. The summed E-state index contributed by atoms with van der Waals surface area (Å²) < 4.78 is 18.9. The standard InChI is InChI=1S/C15H19FN4O2/c16-10-6-17-15(18-7-10)20-8-11-5-12(13(9-20)22-11)14(21)19-3-1-2-4-19/h6-7,11-13H,1-5,8-9H2/t11-,12+,13-/m1/s1. The van der Waals surface area contributed by atoms with Crippen LogP contribution in [0.2, 0.25) is 0 Å². The van der Waals surface area contributed by atoms with Gasteiger partial charge in [-0.1, -0.05) is 0 Å². The Morgan fingerprint density at radius 2 is 1.95 bits per heavy atom. The van der Waals surface area contributed by atoms with Crippen molar-refractivity contribution in [1.29, 1.82) is 0 Å². The molecule has 3 aliphatic heterocycles. The number of rotatable bonds is 2. The van der Waals surface area contributed by atoms with Crippen molar-refractivity contribution in [3.63, 3.8) is 0 Å². The number of ether oxygens (including phenoxy) is 1. The van der Waals surface area contributed by atoms with Gasteiger partial charge in [0.2, 0.25) is 11.9 Å². The third-order valence-electron chi connectivity index (χ3n) is 4.78. The highest BCUT2D eigenvalue weighted by molar-refractivity contribution is 5.80. The van der Waals surface area contributed by atoms with Crippen LogP contribution in [0.4, 0.5) is 10.3 Å². The number of amides is 1. The molecule has 0 N–H and O–H groups in total. The number of halogens is 1. The average Bonchev–Trinajstić information content (AvgIpc) is 3.15. The zero-order valence-corrected chi connectivity index (χ0v) is 12.3. The molecule has 3 saturated heterocycles. The molecule has 22 heavy (non-hydrogen) atoms. The first-order chi connectivity index (χ1) is 10.7. The van der Waals surface area contributed by atoms with Crippen LogP contribution in [0.1, 0.15) is 19.3 Å². The molecular weight excluding hydrogens is 287 g/mol. The number of likely N-dealkylation sites (tertiary alicyclic amines) is 1. The number of morpholine rings is 1. The second kappa shape index (κ2) is 5.46. The molecule has 1 aromatic heterocycles. The van der Waals surface area contributed by atoms with Gasteiger partial charge in [0, 0.05) is 26.2 Å². The summed E-state index contributed by atoms with van der Waals surface area (Å²) in [6, 6.07) is 0. The van der Waals surface area contributed by atoms with Gasteiger partial charge in [-0.2, -0.15) is 0 Å². The lowest BCUT2D eigenvalue weighted by Gasteiger charge is -2.33. The maximum absolute atomic E-state index is 12.9. The van der Waals surface area contributed by atoms with Crippen molar-refractivity contribution in [3.8, 4) is 0 Å². The summed E-state index contributed by atoms with van der Waals surface area (Å²) in [4.78, 5) is 24.7. The Morgan fingerprint density at radius 1 is 1.23 bits per heavy atom. The van der Waals surface area contributed by atoms with E-state index in [1.165, 1.54) is 12.4 Å². The zero-order chi connectivity index (χ0) is 15.1. The van der Waals surface area contributed by atoms with E-state index in [9.17, 15) is 9.18 Å². The van der Waals surface area contributed by atoms with Crippen LogP contribution in [0.25, 0.3) is 0 Å². The second-order valence-electron chi connectivity index (χ2n) is 6.28. The van der Waals surface area contributed by atoms with E-state index in [0.29, 0.717) is 19.0 Å². The molecule has 6 nitrogen and oxygen atoms in total. The van der Waals surface area contributed by atoms with Crippen molar-refractivity contribution in [1.82, 2.24) is 14.9 Å². The summed E-state index contributed by atoms with van der Waals surface area (Å²) in [7, 11) is 0. The third-order valence-corrected chi connectivity index (χ3v) is 4.78. The first-order valence-corrected chi connectivity index (χ1v) is 7.87. The van der Waals surface area contributed by atoms with Crippen LogP contribution in [0.3, 0.4) is 0 Å². The lowest BCUT2D eigenvalue weighted by molar-refractivity contribution is -0.136. The molecule has 0 spiro atoms. The number of carbonyl (C=O) groups excluding carboxylic acids is 1. The van der Waals surface area contributed by atoms with Gasteiger partial charge in [0.05, 0.1) is 30.5 Å². The molecule has 1 aromatic rings. The van der Waals surface area contributed by atoms with Crippen molar-refractivity contribution in [2.75, 3.05) is 31.1 Å². The van der Waals surface area contributed by atoms with Crippen molar-refractivity contribution >= 4 is 11.9 Å². The number of hydrogen-bond donors (Lipinski definition) is 0. The predicted octanol–water partition coefficient (Wildman–Crippen LogP) is 0.832. The molecule has 1 amide bonds. The van der Waals surface area contributed by atoms with Crippen LogP contribution in [-0.2, 0) is 9.53 Å². The number of anilines is 1. The van der Waals surface area contributed by atoms with E-state index in [4.69, 9.17) is 4.74 Å². The molecule has 0 saturated carbocycles. The van der Waals surface area contributed by atoms with E-state index in [-0.39, 0.29) is 24.0 Å². The fraction of sp³-hybridized carbons (Fsp3) is 0.667. The van der Waals surface area contributed by atoms with Crippen LogP contribution < -0.4 is 4.90 Å². The Morgan fingerprint density at radius 3 is 2.68 bits per heavy atom. The van der Waals surface area contributed by atoms with Gasteiger partial charge in [-0.05, 0) is 19.3 Å². The zero-order valence-electron chi connectivity index (χ0n) is 12.3. The quantitative estimate of drug-likeness (QED) is 0.810. The maximum Gasteiger partial charge on any atom is 0.228 e. The minimum Gasteiger partial charge on any atom is -0.370 e. The Kier molecular flexibility index (Phi) is 3.44. The number of fused-ring (bicyclic) bond motifs is 2. The minimum absolute atomic E-state index is 0.0314. The van der Waals surface area contributed by atoms with Crippen molar-refractivity contribution in [2.24, 2.45) is 5.92 Å². The summed E-state index contributed by atoms with van der Waals surface area (Å²) in [6.45, 7) is 2.99. The fourth-order valence-electron chi connectivity index (χ4n) is 3.72. The van der Waals surface area contributed by atoms with E-state index >= 15 is 0 Å². The van der Waals surface area contributed by atoms with E-state index < -0.39 is 5.82 Å². The molecule has 2 bridgehead atoms. The first-order valence-electron chi connectivity index (χ1n) is 7.87. The highest BCUT2D eigenvalue weighted by Crippen LogP contribution is 2.34. The molecule has 3 atom stereocenters. The Labute approximate surface area is 128 Å². The van der Waals surface area contributed by atoms with Crippen molar-refractivity contribution in [2.45, 2.75) is 31.5 Å². The first kappa shape index (κ1) is 13.9. The average molecular weight is 306 g/mol. The topological polar surface area (TPSA) is 58.6 Å². The van der Waals surface area contributed by atoms with Crippen LogP contribution in [0.15, 0.2) is 12.4 Å². The molecule has 0 unspecified atom stereocenters. The van der Waals surface area contributed by atoms with Crippen molar-refractivity contribution in [3.05, 3.63) is 18.2 Å². The largest absolute Gasteiger partial charge is 0.370 e. The minimum atomic E-state index is -0.443. The van der Waals surface area contributed by atoms with E-state index in [2.05, 4.69) is 9.97 Å². The lowest BCUT2D eigenvalue weighted by atomic mass is 9.99. The second-order valence-corrected chi connectivity index (χ2v) is 6.28. The molecule has 7 heteroatoms. The molecule has 0 radical (unpaired) electrons. The van der Waals surface area contributed by atoms with Crippen LogP contribution in [0, 0.1) is 11.7 Å². The van der Waals surface area contributed by atoms with E-state index in [1.807, 2.05) is 9.80 Å². The number of hydrogen-bond acceptors (Lipinski definition) is 5. The number of carbonyl (C=O) groups is 1. The fourth-order valence-corrected chi connectivity index (χ4v) is 3.72. The van der Waals surface area contributed by atoms with Gasteiger partial charge >= 0.3 is 0 Å². The monoisotopic (exact) mass is 306 g/mol. The highest BCUT2D eigenvalue weighted by Gasteiger charge is 2.46. The Bertz CT molecular complexity index is 561. The van der Waals surface area contributed by atoms with Gasteiger partial charge in [-0.15, -0.1) is 0 Å². The summed E-state index contributed by atoms with van der Waals surface area (Å²) in [6.07, 6.45) is 5.23. The molecule has 4 rings (SSSR count). The smallest absolute Gasteiger partial charge is 0.228 e.